The van der Waals surface area contributed by atoms with Gasteiger partial charge in [-0.3, -0.25) is 4.79 Å². The first-order chi connectivity index (χ1) is 6.44. The quantitative estimate of drug-likeness (QED) is 0.667. The Kier molecular flexibility index (Phi) is 2.51. The molecule has 1 rings (SSSR count). The van der Waals surface area contributed by atoms with Crippen molar-refractivity contribution in [3.05, 3.63) is 0 Å². The molecule has 0 spiro atoms. The van der Waals surface area contributed by atoms with Gasteiger partial charge in [-0.25, -0.2) is 0 Å². The maximum atomic E-state index is 10.6. The van der Waals surface area contributed by atoms with Gasteiger partial charge in [0.1, 0.15) is 6.04 Å². The highest BCUT2D eigenvalue weighted by atomic mass is 16.5. The first kappa shape index (κ1) is 8.97. The lowest BCUT2D eigenvalue weighted by molar-refractivity contribution is -0.139. The van der Waals surface area contributed by atoms with E-state index in [4.69, 9.17) is 11.2 Å². The Morgan fingerprint density at radius 2 is 2.46 bits per heavy atom. The number of hydrogen-bond donors (Lipinski definition) is 2. The Hall–Kier alpha value is -0.610. The molecule has 4 nitrogen and oxygen atoms in total. The summed E-state index contributed by atoms with van der Waals surface area (Å²) in [5, 5.41) is 11.6. The maximum Gasteiger partial charge on any atom is 0.320 e. The van der Waals surface area contributed by atoms with Crippen LogP contribution in [0.4, 0.5) is 0 Å². The molecule has 76 valence electrons. The Morgan fingerprint density at radius 3 is 2.92 bits per heavy atom. The third kappa shape index (κ3) is 3.32. The van der Waals surface area contributed by atoms with Crippen LogP contribution < -0.4 is 5.32 Å². The first-order valence-electron chi connectivity index (χ1n) is 5.08. The number of carboxylic acid groups (broad SMARTS) is 1. The van der Waals surface area contributed by atoms with E-state index in [2.05, 4.69) is 5.32 Å². The number of hydrogen-bond acceptors (Lipinski definition) is 3. The minimum Gasteiger partial charge on any atom is -0.480 e. The zero-order valence-corrected chi connectivity index (χ0v) is 8.04. The molecule has 2 N–H and O–H groups in total. The molecule has 1 aliphatic rings. The van der Waals surface area contributed by atoms with Gasteiger partial charge in [-0.05, 0) is 20.7 Å². The predicted octanol–water partition coefficient (Wildman–Crippen LogP) is 0.617. The van der Waals surface area contributed by atoms with Crippen molar-refractivity contribution in [2.45, 2.75) is 44.9 Å². The van der Waals surface area contributed by atoms with Crippen molar-refractivity contribution >= 4 is 5.97 Å². The van der Waals surface area contributed by atoms with Crippen LogP contribution in [0.5, 0.6) is 0 Å². The smallest absolute Gasteiger partial charge is 0.320 e. The van der Waals surface area contributed by atoms with E-state index < -0.39 is 17.6 Å². The van der Waals surface area contributed by atoms with Gasteiger partial charge in [-0.1, -0.05) is 0 Å². The van der Waals surface area contributed by atoms with Crippen molar-refractivity contribution in [1.82, 2.24) is 5.32 Å². The second-order valence-corrected chi connectivity index (χ2v) is 4.03. The topological polar surface area (TPSA) is 58.6 Å². The second-order valence-electron chi connectivity index (χ2n) is 4.03. The van der Waals surface area contributed by atoms with Crippen LogP contribution in [0.3, 0.4) is 0 Å². The van der Waals surface area contributed by atoms with Gasteiger partial charge in [0.05, 0.1) is 11.7 Å². The van der Waals surface area contributed by atoms with Crippen molar-refractivity contribution in [2.24, 2.45) is 0 Å². The molecular formula is C9H17NO3. The summed E-state index contributed by atoms with van der Waals surface area (Å²) in [5.41, 5.74) is -0.486. The maximum absolute atomic E-state index is 10.6. The summed E-state index contributed by atoms with van der Waals surface area (Å²) in [6, 6.07) is -0.499. The molecule has 0 amide bonds. The molecule has 0 unspecified atom stereocenters. The number of ether oxygens (including phenoxy) is 1. The fourth-order valence-corrected chi connectivity index (χ4v) is 1.43. The van der Waals surface area contributed by atoms with Crippen LogP contribution in [0.15, 0.2) is 0 Å². The molecular weight excluding hydrogens is 170 g/mol. The van der Waals surface area contributed by atoms with Crippen molar-refractivity contribution in [1.29, 1.82) is 0 Å². The van der Waals surface area contributed by atoms with E-state index in [9.17, 15) is 4.79 Å². The van der Waals surface area contributed by atoms with Gasteiger partial charge in [-0.2, -0.15) is 0 Å². The molecule has 0 radical (unpaired) electrons. The second kappa shape index (κ2) is 3.64. The van der Waals surface area contributed by atoms with Crippen molar-refractivity contribution < 1.29 is 16.0 Å². The molecule has 0 aliphatic carbocycles. The van der Waals surface area contributed by atoms with E-state index in [1.807, 2.05) is 13.8 Å². The number of aliphatic carboxylic acids is 1. The van der Waals surface area contributed by atoms with Gasteiger partial charge in [-0.15, -0.1) is 0 Å². The highest BCUT2D eigenvalue weighted by molar-refractivity contribution is 5.73. The fourth-order valence-electron chi connectivity index (χ4n) is 1.43. The fraction of sp³-hybridized carbons (Fsp3) is 0.889. The van der Waals surface area contributed by atoms with E-state index >= 15 is 0 Å². The monoisotopic (exact) mass is 188 g/mol. The van der Waals surface area contributed by atoms with Crippen molar-refractivity contribution in [3.8, 4) is 0 Å². The Morgan fingerprint density at radius 1 is 1.77 bits per heavy atom. The Bertz CT molecular complexity index is 220. The lowest BCUT2D eigenvalue weighted by Crippen LogP contribution is -2.30. The standard InChI is InChI=1S/C9H17NO3/c1-9(2,3)13-6-4-7(8(11)12)10-5-6/h6-7,10H,4-5H2,1-3H3,(H,11,12)/t6-,7+/m1/s1/i1D. The largest absolute Gasteiger partial charge is 0.480 e. The first-order valence-corrected chi connectivity index (χ1v) is 4.38. The Balaban J connectivity index is 2.39. The molecule has 1 saturated heterocycles. The van der Waals surface area contributed by atoms with Gasteiger partial charge >= 0.3 is 5.97 Å². The summed E-state index contributed by atoms with van der Waals surface area (Å²) in [4.78, 5) is 10.6. The van der Waals surface area contributed by atoms with Crippen LogP contribution >= 0.6 is 0 Å². The van der Waals surface area contributed by atoms with E-state index in [0.717, 1.165) is 0 Å². The summed E-state index contributed by atoms with van der Waals surface area (Å²) in [6.45, 7) is 4.42. The molecule has 0 bridgehead atoms. The Labute approximate surface area is 79.7 Å². The highest BCUT2D eigenvalue weighted by Gasteiger charge is 2.31. The molecule has 4 heteroatoms. The number of carbonyl (C=O) groups is 1. The lowest BCUT2D eigenvalue weighted by Gasteiger charge is -2.24. The normalized spacial score (nSPS) is 30.2. The van der Waals surface area contributed by atoms with E-state index in [1.165, 1.54) is 0 Å². The van der Waals surface area contributed by atoms with E-state index in [1.54, 1.807) is 0 Å². The summed E-state index contributed by atoms with van der Waals surface area (Å²) < 4.78 is 12.9. The van der Waals surface area contributed by atoms with Gasteiger partial charge in [0.2, 0.25) is 0 Å². The lowest BCUT2D eigenvalue weighted by atomic mass is 10.1. The summed E-state index contributed by atoms with van der Waals surface area (Å²) in [5.74, 6) is -0.834. The molecule has 0 aromatic carbocycles. The molecule has 0 aromatic heterocycles. The molecule has 2 atom stereocenters. The van der Waals surface area contributed by atoms with Gasteiger partial charge in [0.15, 0.2) is 0 Å². The van der Waals surface area contributed by atoms with Crippen LogP contribution in [0.25, 0.3) is 0 Å². The summed E-state index contributed by atoms with van der Waals surface area (Å²) in [7, 11) is 0. The highest BCUT2D eigenvalue weighted by Crippen LogP contribution is 2.17. The molecule has 1 aliphatic heterocycles. The van der Waals surface area contributed by atoms with Crippen LogP contribution in [0, 0.1) is 0 Å². The SMILES string of the molecule is [2H]CC(C)(C)O[C@H]1CN[C@H](C(=O)O)C1. The van der Waals surface area contributed by atoms with Gasteiger partial charge in [0.25, 0.3) is 0 Å². The predicted molar refractivity (Wildman–Crippen MR) is 48.7 cm³/mol. The number of carboxylic acids is 1. The zero-order chi connectivity index (χ0) is 10.8. The molecule has 0 saturated carbocycles. The van der Waals surface area contributed by atoms with Crippen LogP contribution in [0.1, 0.15) is 28.5 Å². The minimum atomic E-state index is -0.834. The number of nitrogens with one attached hydrogen (secondary N) is 1. The molecule has 1 heterocycles. The average molecular weight is 188 g/mol. The van der Waals surface area contributed by atoms with Crippen LogP contribution in [-0.4, -0.2) is 35.4 Å². The minimum absolute atomic E-state index is 0.0866. The van der Waals surface area contributed by atoms with Crippen LogP contribution in [-0.2, 0) is 9.53 Å². The zero-order valence-electron chi connectivity index (χ0n) is 9.04. The van der Waals surface area contributed by atoms with Crippen molar-refractivity contribution in [3.63, 3.8) is 0 Å². The molecule has 1 fully saturated rings. The van der Waals surface area contributed by atoms with Crippen molar-refractivity contribution in [2.75, 3.05) is 6.54 Å². The third-order valence-electron chi connectivity index (χ3n) is 1.87. The van der Waals surface area contributed by atoms with Gasteiger partial charge in [0, 0.05) is 14.3 Å². The van der Waals surface area contributed by atoms with Crippen LogP contribution in [0.2, 0.25) is 0 Å². The number of rotatable bonds is 2. The van der Waals surface area contributed by atoms with Gasteiger partial charge < -0.3 is 15.2 Å². The summed E-state index contributed by atoms with van der Waals surface area (Å²) in [6.07, 6.45) is 0.398. The molecule has 0 aromatic rings. The summed E-state index contributed by atoms with van der Waals surface area (Å²) >= 11 is 0. The molecule has 13 heavy (non-hydrogen) atoms. The van der Waals surface area contributed by atoms with E-state index in [-0.39, 0.29) is 13.0 Å². The van der Waals surface area contributed by atoms with E-state index in [0.29, 0.717) is 13.0 Å². The average Bonchev–Trinajstić information content (AvgIpc) is 2.52. The third-order valence-corrected chi connectivity index (χ3v) is 1.87.